The third kappa shape index (κ3) is 6.86. The maximum absolute atomic E-state index is 12.5. The van der Waals surface area contributed by atoms with Crippen molar-refractivity contribution in [1.29, 1.82) is 0 Å². The van der Waals surface area contributed by atoms with E-state index in [1.807, 2.05) is 24.3 Å². The predicted molar refractivity (Wildman–Crippen MR) is 118 cm³/mol. The van der Waals surface area contributed by atoms with Crippen molar-refractivity contribution in [2.75, 3.05) is 0 Å². The highest BCUT2D eigenvalue weighted by Gasteiger charge is 2.38. The number of nitrogens with zero attached hydrogens (tertiary/aromatic N) is 2. The number of hydrogen-bond acceptors (Lipinski definition) is 7. The van der Waals surface area contributed by atoms with Crippen molar-refractivity contribution in [2.24, 2.45) is 0 Å². The Hall–Kier alpha value is -4.26. The number of aliphatic carboxylic acids is 2. The van der Waals surface area contributed by atoms with Crippen LogP contribution in [0.4, 0.5) is 13.2 Å². The Morgan fingerprint density at radius 2 is 1.69 bits per heavy atom. The summed E-state index contributed by atoms with van der Waals surface area (Å²) in [6.07, 6.45) is -1.78. The molecule has 4 rings (SSSR count). The number of amides is 1. The van der Waals surface area contributed by atoms with E-state index in [0.29, 0.717) is 10.8 Å². The molecule has 1 amide bonds. The number of rotatable bonds is 6. The monoisotopic (exact) mass is 507 g/mol. The fraction of sp³-hybridized carbons (Fsp3) is 0.136. The second kappa shape index (κ2) is 10.8. The third-order valence-corrected chi connectivity index (χ3v) is 5.42. The number of para-hydroxylation sites is 1. The number of halogens is 3. The lowest BCUT2D eigenvalue weighted by molar-refractivity contribution is -0.192. The molecule has 0 spiro atoms. The summed E-state index contributed by atoms with van der Waals surface area (Å²) in [6, 6.07) is 13.2. The number of carbonyl (C=O) groups is 3. The van der Waals surface area contributed by atoms with Gasteiger partial charge in [-0.3, -0.25) is 9.78 Å². The zero-order valence-electron chi connectivity index (χ0n) is 17.5. The minimum atomic E-state index is -5.08. The molecular weight excluding hydrogens is 491 g/mol. The molecule has 9 nitrogen and oxygen atoms in total. The van der Waals surface area contributed by atoms with Gasteiger partial charge in [-0.15, -0.1) is 11.3 Å². The average Bonchev–Trinajstić information content (AvgIpc) is 3.46. The molecule has 4 aromatic rings. The van der Waals surface area contributed by atoms with Crippen LogP contribution >= 0.6 is 11.3 Å². The maximum Gasteiger partial charge on any atom is 0.490 e. The van der Waals surface area contributed by atoms with Crippen LogP contribution in [-0.2, 0) is 16.0 Å². The summed E-state index contributed by atoms with van der Waals surface area (Å²) in [5.74, 6) is -3.97. The van der Waals surface area contributed by atoms with Gasteiger partial charge in [-0.05, 0) is 42.0 Å². The summed E-state index contributed by atoms with van der Waals surface area (Å²) in [4.78, 5) is 41.3. The smallest absolute Gasteiger partial charge is 0.480 e. The zero-order chi connectivity index (χ0) is 25.6. The van der Waals surface area contributed by atoms with E-state index in [0.717, 1.165) is 15.8 Å². The zero-order valence-corrected chi connectivity index (χ0v) is 18.3. The van der Waals surface area contributed by atoms with Crippen molar-refractivity contribution in [2.45, 2.75) is 18.6 Å². The first-order valence-corrected chi connectivity index (χ1v) is 10.5. The van der Waals surface area contributed by atoms with Gasteiger partial charge in [0.1, 0.15) is 6.04 Å². The Balaban J connectivity index is 0.000000429. The summed E-state index contributed by atoms with van der Waals surface area (Å²) < 4.78 is 38.4. The quantitative estimate of drug-likeness (QED) is 0.355. The summed E-state index contributed by atoms with van der Waals surface area (Å²) in [5.41, 5.74) is 1.62. The number of carbonyl (C=O) groups excluding carboxylic acids is 1. The first-order valence-electron chi connectivity index (χ1n) is 9.73. The van der Waals surface area contributed by atoms with Crippen LogP contribution in [0.15, 0.2) is 65.3 Å². The van der Waals surface area contributed by atoms with E-state index in [2.05, 4.69) is 15.3 Å². The molecule has 0 aliphatic rings. The molecule has 0 fully saturated rings. The van der Waals surface area contributed by atoms with Gasteiger partial charge < -0.3 is 19.9 Å². The van der Waals surface area contributed by atoms with Crippen LogP contribution in [0, 0.1) is 0 Å². The van der Waals surface area contributed by atoms with E-state index in [9.17, 15) is 27.9 Å². The molecule has 0 aliphatic heterocycles. The number of furan rings is 1. The second-order valence-electron chi connectivity index (χ2n) is 6.88. The molecule has 35 heavy (non-hydrogen) atoms. The molecule has 13 heteroatoms. The summed E-state index contributed by atoms with van der Waals surface area (Å²) >= 11 is 1.46. The summed E-state index contributed by atoms with van der Waals surface area (Å²) in [5, 5.41) is 19.7. The molecule has 1 atom stereocenters. The second-order valence-corrected chi connectivity index (χ2v) is 7.91. The van der Waals surface area contributed by atoms with Gasteiger partial charge in [0, 0.05) is 18.8 Å². The van der Waals surface area contributed by atoms with Crippen LogP contribution in [-0.4, -0.2) is 50.2 Å². The van der Waals surface area contributed by atoms with Crippen molar-refractivity contribution in [3.63, 3.8) is 0 Å². The topological polar surface area (TPSA) is 143 Å². The Morgan fingerprint density at radius 1 is 1.03 bits per heavy atom. The van der Waals surface area contributed by atoms with Gasteiger partial charge >= 0.3 is 18.1 Å². The van der Waals surface area contributed by atoms with Gasteiger partial charge in [0.2, 0.25) is 0 Å². The molecule has 0 radical (unpaired) electrons. The Kier molecular flexibility index (Phi) is 7.81. The molecule has 1 aromatic carbocycles. The van der Waals surface area contributed by atoms with Crippen molar-refractivity contribution >= 4 is 39.4 Å². The molecular formula is C22H16F3N3O6S. The van der Waals surface area contributed by atoms with E-state index < -0.39 is 30.1 Å². The lowest BCUT2D eigenvalue weighted by Gasteiger charge is -2.13. The number of alkyl halides is 3. The van der Waals surface area contributed by atoms with Crippen LogP contribution in [0.25, 0.3) is 21.0 Å². The molecule has 0 bridgehead atoms. The maximum atomic E-state index is 12.5. The Bertz CT molecular complexity index is 1300. The molecule has 0 aliphatic carbocycles. The summed E-state index contributed by atoms with van der Waals surface area (Å²) in [7, 11) is 0. The Morgan fingerprint density at radius 3 is 2.29 bits per heavy atom. The van der Waals surface area contributed by atoms with Gasteiger partial charge in [-0.1, -0.05) is 12.1 Å². The van der Waals surface area contributed by atoms with E-state index >= 15 is 0 Å². The van der Waals surface area contributed by atoms with Crippen LogP contribution < -0.4 is 5.32 Å². The molecule has 1 unspecified atom stereocenters. The minimum absolute atomic E-state index is 0.0373. The van der Waals surface area contributed by atoms with E-state index in [-0.39, 0.29) is 12.2 Å². The molecule has 0 saturated carbocycles. The standard InChI is InChI=1S/C20H15N3O4S.C2HF3O2/c24-18(22-14(20(25)26)11-12-7-9-21-10-8-12)15-5-6-16(27-15)19-23-13-3-1-2-4-17(13)28-19;3-2(4,5)1(6)7/h1-10,14H,11H2,(H,22,24)(H,25,26);(H,6,7). The van der Waals surface area contributed by atoms with Crippen molar-refractivity contribution in [3.05, 3.63) is 72.2 Å². The van der Waals surface area contributed by atoms with Crippen LogP contribution in [0.2, 0.25) is 0 Å². The first-order chi connectivity index (χ1) is 16.5. The van der Waals surface area contributed by atoms with Crippen molar-refractivity contribution in [1.82, 2.24) is 15.3 Å². The molecule has 3 aromatic heterocycles. The number of carboxylic acids is 2. The first kappa shape index (κ1) is 25.4. The third-order valence-electron chi connectivity index (χ3n) is 4.37. The van der Waals surface area contributed by atoms with Gasteiger partial charge in [-0.2, -0.15) is 13.2 Å². The molecule has 182 valence electrons. The molecule has 3 heterocycles. The van der Waals surface area contributed by atoms with E-state index in [4.69, 9.17) is 14.3 Å². The number of carboxylic acid groups (broad SMARTS) is 2. The number of thiazole rings is 1. The largest absolute Gasteiger partial charge is 0.490 e. The fourth-order valence-corrected chi connectivity index (χ4v) is 3.66. The fourth-order valence-electron chi connectivity index (χ4n) is 2.74. The summed E-state index contributed by atoms with van der Waals surface area (Å²) in [6.45, 7) is 0. The van der Waals surface area contributed by atoms with E-state index in [1.165, 1.54) is 17.4 Å². The number of nitrogens with one attached hydrogen (secondary N) is 1. The molecule has 0 saturated heterocycles. The van der Waals surface area contributed by atoms with Gasteiger partial charge in [0.25, 0.3) is 5.91 Å². The van der Waals surface area contributed by atoms with Crippen LogP contribution in [0.1, 0.15) is 16.1 Å². The number of pyridine rings is 1. The number of hydrogen-bond donors (Lipinski definition) is 3. The SMILES string of the molecule is O=C(NC(Cc1ccncc1)C(=O)O)c1ccc(-c2nc3ccccc3s2)o1.O=C(O)C(F)(F)F. The van der Waals surface area contributed by atoms with Crippen molar-refractivity contribution < 1.29 is 42.2 Å². The number of aromatic nitrogens is 2. The van der Waals surface area contributed by atoms with Gasteiger partial charge in [0.15, 0.2) is 16.5 Å². The normalized spacial score (nSPS) is 11.9. The van der Waals surface area contributed by atoms with E-state index in [1.54, 1.807) is 30.6 Å². The van der Waals surface area contributed by atoms with Gasteiger partial charge in [0.05, 0.1) is 10.2 Å². The average molecular weight is 507 g/mol. The lowest BCUT2D eigenvalue weighted by atomic mass is 10.1. The highest BCUT2D eigenvalue weighted by atomic mass is 32.1. The lowest BCUT2D eigenvalue weighted by Crippen LogP contribution is -2.42. The van der Waals surface area contributed by atoms with Crippen LogP contribution in [0.5, 0.6) is 0 Å². The Labute approximate surface area is 198 Å². The molecule has 3 N–H and O–H groups in total. The van der Waals surface area contributed by atoms with Crippen LogP contribution in [0.3, 0.4) is 0 Å². The van der Waals surface area contributed by atoms with Crippen molar-refractivity contribution in [3.8, 4) is 10.8 Å². The highest BCUT2D eigenvalue weighted by Crippen LogP contribution is 2.31. The highest BCUT2D eigenvalue weighted by molar-refractivity contribution is 7.21. The minimum Gasteiger partial charge on any atom is -0.480 e. The number of benzene rings is 1. The predicted octanol–water partition coefficient (Wildman–Crippen LogP) is 4.01. The van der Waals surface area contributed by atoms with Gasteiger partial charge in [-0.25, -0.2) is 14.6 Å². The number of fused-ring (bicyclic) bond motifs is 1.